The van der Waals surface area contributed by atoms with Gasteiger partial charge in [0.2, 0.25) is 0 Å². The molecule has 2 atom stereocenters. The highest BCUT2D eigenvalue weighted by atomic mass is 35.5. The number of rotatable bonds is 21. The van der Waals surface area contributed by atoms with Crippen molar-refractivity contribution in [2.45, 2.75) is 78.0 Å². The normalized spacial score (nSPS) is 14.6. The molecule has 0 bridgehead atoms. The zero-order chi connectivity index (χ0) is 46.9. The van der Waals surface area contributed by atoms with Crippen LogP contribution in [0.5, 0.6) is 5.75 Å². The fraction of sp³-hybridized carbons (Fsp3) is 0.391. The molecule has 6 rings (SSSR count). The molecular formula is C46H55ClF3N7O5S3. The van der Waals surface area contributed by atoms with Crippen molar-refractivity contribution < 1.29 is 34.7 Å². The van der Waals surface area contributed by atoms with Crippen LogP contribution < -0.4 is 14.8 Å². The Morgan fingerprint density at radius 1 is 0.923 bits per heavy atom. The summed E-state index contributed by atoms with van der Waals surface area (Å²) in [6.07, 6.45) is 3.82. The minimum atomic E-state index is -6.00. The van der Waals surface area contributed by atoms with Gasteiger partial charge in [-0.2, -0.15) is 13.2 Å². The number of alkyl halides is 3. The quantitative estimate of drug-likeness (QED) is 0.0679. The van der Waals surface area contributed by atoms with Crippen molar-refractivity contribution in [1.29, 1.82) is 0 Å². The number of nitrogens with zero attached hydrogens (tertiary/aromatic N) is 5. The van der Waals surface area contributed by atoms with Gasteiger partial charge in [0.15, 0.2) is 0 Å². The van der Waals surface area contributed by atoms with E-state index in [9.17, 15) is 30.0 Å². The molecule has 65 heavy (non-hydrogen) atoms. The molecule has 1 aromatic heterocycles. The van der Waals surface area contributed by atoms with Crippen LogP contribution in [-0.4, -0.2) is 113 Å². The van der Waals surface area contributed by atoms with E-state index >= 15 is 0 Å². The minimum Gasteiger partial charge on any atom is -0.497 e. The maximum Gasteiger partial charge on any atom is 0.501 e. The van der Waals surface area contributed by atoms with Gasteiger partial charge in [0.05, 0.1) is 23.4 Å². The fourth-order valence-corrected chi connectivity index (χ4v) is 11.0. The van der Waals surface area contributed by atoms with Crippen LogP contribution in [-0.2, 0) is 39.4 Å². The number of methoxy groups -OCH3 is 1. The summed E-state index contributed by atoms with van der Waals surface area (Å²) in [6, 6.07) is 25.7. The number of ether oxygens (including phenoxy) is 1. The number of anilines is 2. The molecule has 350 valence electrons. The number of hydrogen-bond acceptors (Lipinski definition) is 12. The van der Waals surface area contributed by atoms with E-state index in [2.05, 4.69) is 55.9 Å². The number of fused-ring (bicyclic) bond motifs is 1. The van der Waals surface area contributed by atoms with E-state index in [1.807, 2.05) is 79.7 Å². The summed E-state index contributed by atoms with van der Waals surface area (Å²) in [5, 5.41) is 3.67. The highest BCUT2D eigenvalue weighted by Gasteiger charge is 2.48. The molecule has 0 amide bonds. The zero-order valence-corrected chi connectivity index (χ0v) is 40.2. The van der Waals surface area contributed by atoms with Crippen molar-refractivity contribution in [3.63, 3.8) is 0 Å². The molecule has 19 heteroatoms. The lowest BCUT2D eigenvalue weighted by molar-refractivity contribution is -0.0435. The molecule has 0 saturated carbocycles. The molecule has 4 aromatic carbocycles. The van der Waals surface area contributed by atoms with Gasteiger partial charge in [-0.25, -0.2) is 26.8 Å². The van der Waals surface area contributed by atoms with Crippen LogP contribution in [0, 0.1) is 0 Å². The lowest BCUT2D eigenvalue weighted by atomic mass is 9.98. The summed E-state index contributed by atoms with van der Waals surface area (Å²) in [5.41, 5.74) is -1.60. The molecule has 0 aliphatic carbocycles. The molecule has 0 fully saturated rings. The van der Waals surface area contributed by atoms with Gasteiger partial charge in [-0.05, 0) is 131 Å². The number of benzene rings is 4. The van der Waals surface area contributed by atoms with E-state index in [4.69, 9.17) is 16.3 Å². The van der Waals surface area contributed by atoms with E-state index in [0.29, 0.717) is 67.1 Å². The van der Waals surface area contributed by atoms with Crippen LogP contribution in [0.4, 0.5) is 24.7 Å². The third kappa shape index (κ3) is 12.9. The molecule has 5 aromatic rings. The van der Waals surface area contributed by atoms with Gasteiger partial charge in [0, 0.05) is 53.0 Å². The van der Waals surface area contributed by atoms with Crippen molar-refractivity contribution >= 4 is 54.7 Å². The van der Waals surface area contributed by atoms with Crippen molar-refractivity contribution in [2.24, 2.45) is 0 Å². The summed E-state index contributed by atoms with van der Waals surface area (Å²) < 4.78 is 105. The Kier molecular flexibility index (Phi) is 16.9. The first-order valence-electron chi connectivity index (χ1n) is 21.1. The van der Waals surface area contributed by atoms with Crippen LogP contribution in [0.15, 0.2) is 112 Å². The molecule has 0 saturated heterocycles. The van der Waals surface area contributed by atoms with E-state index in [0.717, 1.165) is 58.9 Å². The maximum atomic E-state index is 14.2. The summed E-state index contributed by atoms with van der Waals surface area (Å²) in [5.74, 6) is 1.15. The number of hydrogen-bond donors (Lipinski definition) is 2. The predicted octanol–water partition coefficient (Wildman–Crippen LogP) is 9.08. The largest absolute Gasteiger partial charge is 0.501 e. The van der Waals surface area contributed by atoms with Gasteiger partial charge in [0.1, 0.15) is 22.8 Å². The number of sulfone groups is 1. The molecule has 0 radical (unpaired) electrons. The van der Waals surface area contributed by atoms with Crippen molar-refractivity contribution in [3.8, 4) is 16.9 Å². The van der Waals surface area contributed by atoms with Gasteiger partial charge >= 0.3 is 5.51 Å². The van der Waals surface area contributed by atoms with E-state index in [1.165, 1.54) is 18.1 Å². The number of aromatic nitrogens is 2. The molecule has 1 aliphatic rings. The SMILES string of the molecule is CCC(CCN(C)Cc1cc(OC)ccc1-c1ccc(Cl)cc1)N1CCc2c(ncnc2NS(=O)(=O)c2ccc(N[C@H](CCN(C)C)CSc3ccccc3)c(S(=O)(=O)C(F)(F)F)c2)C1. The predicted molar refractivity (Wildman–Crippen MR) is 253 cm³/mol. The maximum absolute atomic E-state index is 14.2. The third-order valence-corrected chi connectivity index (χ3v) is 15.6. The third-order valence-electron chi connectivity index (χ3n) is 11.3. The van der Waals surface area contributed by atoms with Crippen molar-refractivity contribution in [3.05, 3.63) is 119 Å². The van der Waals surface area contributed by atoms with Crippen LogP contribution >= 0.6 is 23.4 Å². The monoisotopic (exact) mass is 973 g/mol. The lowest BCUT2D eigenvalue weighted by Crippen LogP contribution is -2.41. The number of nitrogens with one attached hydrogen (secondary N) is 2. The van der Waals surface area contributed by atoms with E-state index < -0.39 is 41.2 Å². The highest BCUT2D eigenvalue weighted by molar-refractivity contribution is 7.99. The van der Waals surface area contributed by atoms with E-state index in [-0.39, 0.29) is 17.5 Å². The summed E-state index contributed by atoms with van der Waals surface area (Å²) >= 11 is 7.63. The highest BCUT2D eigenvalue weighted by Crippen LogP contribution is 2.38. The van der Waals surface area contributed by atoms with Gasteiger partial charge < -0.3 is 19.9 Å². The second-order valence-corrected chi connectivity index (χ2v) is 21.4. The minimum absolute atomic E-state index is 0.0127. The van der Waals surface area contributed by atoms with Gasteiger partial charge in [-0.15, -0.1) is 11.8 Å². The van der Waals surface area contributed by atoms with Gasteiger partial charge in [-0.1, -0.05) is 54.9 Å². The Morgan fingerprint density at radius 2 is 1.66 bits per heavy atom. The smallest absolute Gasteiger partial charge is 0.497 e. The Labute approximate surface area is 389 Å². The average Bonchev–Trinajstić information content (AvgIpc) is 3.27. The molecule has 12 nitrogen and oxygen atoms in total. The second-order valence-electron chi connectivity index (χ2n) is 16.3. The lowest BCUT2D eigenvalue weighted by Gasteiger charge is -2.36. The van der Waals surface area contributed by atoms with Crippen molar-refractivity contribution in [2.75, 3.05) is 63.7 Å². The zero-order valence-electron chi connectivity index (χ0n) is 37.0. The Balaban J connectivity index is 1.16. The average molecular weight is 975 g/mol. The van der Waals surface area contributed by atoms with Crippen LogP contribution in [0.3, 0.4) is 0 Å². The second kappa shape index (κ2) is 21.9. The summed E-state index contributed by atoms with van der Waals surface area (Å²) in [7, 11) is -3.20. The molecule has 0 spiro atoms. The van der Waals surface area contributed by atoms with Crippen LogP contribution in [0.1, 0.15) is 43.0 Å². The molecule has 2 heterocycles. The first-order chi connectivity index (χ1) is 30.9. The van der Waals surface area contributed by atoms with Gasteiger partial charge in [0.25, 0.3) is 19.9 Å². The number of sulfonamides is 1. The fourth-order valence-electron chi connectivity index (χ4n) is 7.76. The Morgan fingerprint density at radius 3 is 2.34 bits per heavy atom. The molecular weight excluding hydrogens is 919 g/mol. The summed E-state index contributed by atoms with van der Waals surface area (Å²) in [6.45, 7) is 5.16. The van der Waals surface area contributed by atoms with Gasteiger partial charge in [-0.3, -0.25) is 9.62 Å². The number of halogens is 4. The topological polar surface area (TPSA) is 137 Å². The Hall–Kier alpha value is -4.43. The number of thioether (sulfide) groups is 1. The summed E-state index contributed by atoms with van der Waals surface area (Å²) in [4.78, 5) is 14.3. The first-order valence-corrected chi connectivity index (χ1v) is 25.5. The molecule has 2 N–H and O–H groups in total. The molecule has 1 unspecified atom stereocenters. The van der Waals surface area contributed by atoms with Crippen LogP contribution in [0.2, 0.25) is 5.02 Å². The standard InChI is InChI=1S/C46H55ClF3N7O5S3/c1-6-36(21-24-56(4)28-33-26-37(62-5)16-18-40(33)32-12-14-34(47)15-13-32)57-25-22-41-43(29-57)51-31-52-45(41)54-65(60,61)39-17-19-42(44(27-39)64(58,59)46(48,49)50)53-35(20-23-55(2)3)30-63-38-10-8-7-9-11-38/h7-19,26-27,31,35-36,53H,6,20-25,28-30H2,1-5H3,(H,51,52,54)/t35-,36?/m1/s1. The molecule has 1 aliphatic heterocycles. The van der Waals surface area contributed by atoms with Crippen LogP contribution in [0.25, 0.3) is 11.1 Å². The van der Waals surface area contributed by atoms with E-state index in [1.54, 1.807) is 7.11 Å². The first kappa shape index (κ1) is 50.0. The Bertz CT molecular complexity index is 2610. The van der Waals surface area contributed by atoms with Crippen molar-refractivity contribution in [1.82, 2.24) is 24.7 Å².